The van der Waals surface area contributed by atoms with Crippen molar-refractivity contribution in [2.24, 2.45) is 29.1 Å². The van der Waals surface area contributed by atoms with Gasteiger partial charge in [0.15, 0.2) is 0 Å². The minimum absolute atomic E-state index is 0.164. The van der Waals surface area contributed by atoms with Gasteiger partial charge in [-0.2, -0.15) is 13.2 Å². The van der Waals surface area contributed by atoms with Crippen molar-refractivity contribution in [2.75, 3.05) is 0 Å². The van der Waals surface area contributed by atoms with Crippen molar-refractivity contribution in [3.63, 3.8) is 0 Å². The van der Waals surface area contributed by atoms with Gasteiger partial charge < -0.3 is 20.1 Å². The number of esters is 1. The number of ketones is 1. The molecule has 1 aromatic heterocycles. The highest BCUT2D eigenvalue weighted by Gasteiger charge is 2.49. The molecule has 7 nitrogen and oxygen atoms in total. The Morgan fingerprint density at radius 2 is 1.90 bits per heavy atom. The van der Waals surface area contributed by atoms with E-state index >= 15 is 0 Å². The highest BCUT2D eigenvalue weighted by Crippen LogP contribution is 2.51. The number of alkyl halides is 3. The molecule has 1 saturated carbocycles. The van der Waals surface area contributed by atoms with E-state index in [1.54, 1.807) is 32.2 Å². The zero-order valence-electron chi connectivity index (χ0n) is 22.9. The molecule has 0 spiro atoms. The third kappa shape index (κ3) is 7.56. The zero-order valence-corrected chi connectivity index (χ0v) is 23.7. The van der Waals surface area contributed by atoms with E-state index in [1.165, 1.54) is 25.2 Å². The van der Waals surface area contributed by atoms with Crippen LogP contribution in [-0.4, -0.2) is 56.5 Å². The number of thiazole rings is 1. The summed E-state index contributed by atoms with van der Waals surface area (Å²) >= 11 is 1.22. The fourth-order valence-corrected chi connectivity index (χ4v) is 5.96. The van der Waals surface area contributed by atoms with E-state index in [0.29, 0.717) is 22.7 Å². The van der Waals surface area contributed by atoms with Gasteiger partial charge in [-0.1, -0.05) is 33.8 Å². The van der Waals surface area contributed by atoms with E-state index in [4.69, 9.17) is 4.74 Å². The van der Waals surface area contributed by atoms with E-state index < -0.39 is 65.5 Å². The number of rotatable bonds is 3. The molecule has 0 saturated heterocycles. The van der Waals surface area contributed by atoms with Gasteiger partial charge in [0.1, 0.15) is 16.9 Å². The van der Waals surface area contributed by atoms with Crippen LogP contribution in [0.3, 0.4) is 0 Å². The third-order valence-electron chi connectivity index (χ3n) is 8.23. The monoisotopic (exact) mass is 573 g/mol. The van der Waals surface area contributed by atoms with Crippen LogP contribution in [0.25, 0.3) is 6.08 Å². The second-order valence-electron chi connectivity index (χ2n) is 11.5. The number of aromatic nitrogens is 1. The number of carbonyl (C=O) groups is 2. The fraction of sp³-hybridized carbons (Fsp3) is 0.679. The predicted octanol–water partition coefficient (Wildman–Crippen LogP) is 4.85. The SMILES string of the molecule is CC(=Cc1csc(CO)n1)[C@H]1C/C=C(/C(F)(F)F)C[C@H]2C[C@H]2[C@@H](C)[C@H](O)[C@@H](C)C(=O)C(C)(C)[C@@H](O)CC(=O)O1. The molecule has 39 heavy (non-hydrogen) atoms. The van der Waals surface area contributed by atoms with Gasteiger partial charge in [-0.3, -0.25) is 9.59 Å². The molecule has 0 amide bonds. The minimum atomic E-state index is -4.58. The van der Waals surface area contributed by atoms with E-state index in [1.807, 2.05) is 0 Å². The van der Waals surface area contributed by atoms with Crippen molar-refractivity contribution in [2.45, 2.75) is 91.4 Å². The number of halogens is 3. The number of hydrogen-bond donors (Lipinski definition) is 3. The van der Waals surface area contributed by atoms with Gasteiger partial charge in [-0.05, 0) is 49.2 Å². The molecule has 3 rings (SSSR count). The average Bonchev–Trinajstić information content (AvgIpc) is 3.49. The molecule has 2 heterocycles. The first kappa shape index (κ1) is 31.4. The number of ether oxygens (including phenoxy) is 1. The van der Waals surface area contributed by atoms with Gasteiger partial charge in [0.2, 0.25) is 0 Å². The maximum absolute atomic E-state index is 14.0. The van der Waals surface area contributed by atoms with Crippen LogP contribution in [0.1, 0.15) is 71.0 Å². The number of aliphatic hydroxyl groups excluding tert-OH is 3. The van der Waals surface area contributed by atoms with Gasteiger partial charge in [0, 0.05) is 23.3 Å². The summed E-state index contributed by atoms with van der Waals surface area (Å²) in [7, 11) is 0. The molecular weight excluding hydrogens is 535 g/mol. The normalized spacial score (nSPS) is 34.6. The highest BCUT2D eigenvalue weighted by atomic mass is 32.1. The number of aliphatic hydroxyl groups is 3. The second kappa shape index (κ2) is 12.2. The molecule has 1 fully saturated rings. The molecule has 1 aliphatic heterocycles. The van der Waals surface area contributed by atoms with Crippen molar-refractivity contribution in [1.82, 2.24) is 4.98 Å². The molecular formula is C28H38F3NO6S. The molecule has 3 N–H and O–H groups in total. The van der Waals surface area contributed by atoms with Crippen molar-refractivity contribution in [3.8, 4) is 0 Å². The first-order chi connectivity index (χ1) is 18.1. The molecule has 0 radical (unpaired) electrons. The maximum Gasteiger partial charge on any atom is 0.412 e. The summed E-state index contributed by atoms with van der Waals surface area (Å²) in [5, 5.41) is 33.2. The van der Waals surface area contributed by atoms with E-state index in [2.05, 4.69) is 4.98 Å². The Bertz CT molecular complexity index is 1110. The largest absolute Gasteiger partial charge is 0.457 e. The molecule has 2 aliphatic rings. The molecule has 11 heteroatoms. The number of hydrogen-bond acceptors (Lipinski definition) is 8. The Morgan fingerprint density at radius 1 is 1.23 bits per heavy atom. The maximum atomic E-state index is 14.0. The van der Waals surface area contributed by atoms with E-state index in [9.17, 15) is 38.1 Å². The third-order valence-corrected chi connectivity index (χ3v) is 9.08. The molecule has 1 aliphatic carbocycles. The quantitative estimate of drug-likeness (QED) is 0.350. The minimum Gasteiger partial charge on any atom is -0.457 e. The Kier molecular flexibility index (Phi) is 9.84. The van der Waals surface area contributed by atoms with Crippen LogP contribution in [0.5, 0.6) is 0 Å². The van der Waals surface area contributed by atoms with Gasteiger partial charge >= 0.3 is 12.1 Å². The van der Waals surface area contributed by atoms with Crippen molar-refractivity contribution in [3.05, 3.63) is 33.3 Å². The Morgan fingerprint density at radius 3 is 2.49 bits per heavy atom. The van der Waals surface area contributed by atoms with Crippen LogP contribution in [0.2, 0.25) is 0 Å². The smallest absolute Gasteiger partial charge is 0.412 e. The number of carbonyl (C=O) groups excluding carboxylic acids is 2. The Labute approximate surface area is 230 Å². The lowest BCUT2D eigenvalue weighted by atomic mass is 9.72. The number of nitrogens with zero attached hydrogens (tertiary/aromatic N) is 1. The van der Waals surface area contributed by atoms with Crippen LogP contribution in [0.4, 0.5) is 13.2 Å². The topological polar surface area (TPSA) is 117 Å². The van der Waals surface area contributed by atoms with Gasteiger partial charge in [-0.15, -0.1) is 11.3 Å². The van der Waals surface area contributed by atoms with Crippen molar-refractivity contribution < 1.29 is 42.8 Å². The number of cyclic esters (lactones) is 1. The first-order valence-corrected chi connectivity index (χ1v) is 14.0. The fourth-order valence-electron chi connectivity index (χ4n) is 5.35. The van der Waals surface area contributed by atoms with Gasteiger partial charge in [-0.25, -0.2) is 4.98 Å². The summed E-state index contributed by atoms with van der Waals surface area (Å²) in [6.45, 7) is 7.66. The summed E-state index contributed by atoms with van der Waals surface area (Å²) in [6, 6.07) is 0. The van der Waals surface area contributed by atoms with Crippen LogP contribution in [0.15, 0.2) is 22.6 Å². The summed E-state index contributed by atoms with van der Waals surface area (Å²) in [5.74, 6) is -3.05. The Hall–Kier alpha value is -2.08. The molecule has 1 aromatic rings. The first-order valence-electron chi connectivity index (χ1n) is 13.2. The molecule has 218 valence electrons. The second-order valence-corrected chi connectivity index (χ2v) is 12.4. The Balaban J connectivity index is 1.98. The highest BCUT2D eigenvalue weighted by molar-refractivity contribution is 7.09. The van der Waals surface area contributed by atoms with E-state index in [0.717, 1.165) is 6.08 Å². The molecule has 7 atom stereocenters. The summed E-state index contributed by atoms with van der Waals surface area (Å²) in [4.78, 5) is 30.4. The van der Waals surface area contributed by atoms with Gasteiger partial charge in [0.25, 0.3) is 0 Å². The van der Waals surface area contributed by atoms with Crippen molar-refractivity contribution >= 4 is 29.2 Å². The number of fused-ring (bicyclic) bond motifs is 1. The summed E-state index contributed by atoms with van der Waals surface area (Å²) in [6.07, 6.45) is -6.04. The lowest BCUT2D eigenvalue weighted by Gasteiger charge is -2.34. The summed E-state index contributed by atoms with van der Waals surface area (Å²) in [5.41, 5.74) is -1.18. The standard InChI is InChI=1S/C28H38F3NO6S/c1-14(8-19-13-39-23(12-33)32-19)21-7-6-18(28(29,30)31)9-17-10-20(17)15(2)25(36)16(3)26(37)27(4,5)22(34)11-24(35)38-21/h6,8,13,15-17,20-22,25,33-34,36H,7,9-12H2,1-5H3/b14-8?,18-6+/t15-,16-,17+,20+,21-,22+,25+/m1/s1. The lowest BCUT2D eigenvalue weighted by Crippen LogP contribution is -2.46. The van der Waals surface area contributed by atoms with Crippen LogP contribution < -0.4 is 0 Å². The molecule has 0 unspecified atom stereocenters. The van der Waals surface area contributed by atoms with Crippen LogP contribution in [-0.2, 0) is 20.9 Å². The molecule has 0 bridgehead atoms. The van der Waals surface area contributed by atoms with Crippen LogP contribution >= 0.6 is 11.3 Å². The predicted molar refractivity (Wildman–Crippen MR) is 140 cm³/mol. The zero-order chi connectivity index (χ0) is 29.3. The summed E-state index contributed by atoms with van der Waals surface area (Å²) < 4.78 is 47.5. The average molecular weight is 574 g/mol. The number of allylic oxidation sites excluding steroid dienone is 1. The number of Topliss-reactive ketones (excluding diaryl/α,β-unsaturated/α-hetero) is 1. The van der Waals surface area contributed by atoms with Crippen LogP contribution in [0, 0.1) is 29.1 Å². The lowest BCUT2D eigenvalue weighted by molar-refractivity contribution is -0.154. The molecule has 0 aromatic carbocycles. The van der Waals surface area contributed by atoms with Crippen molar-refractivity contribution in [1.29, 1.82) is 0 Å². The van der Waals surface area contributed by atoms with Gasteiger partial charge in [0.05, 0.1) is 36.3 Å². The van der Waals surface area contributed by atoms with E-state index in [-0.39, 0.29) is 31.3 Å².